The Kier molecular flexibility index (Phi) is 4.90. The van der Waals surface area contributed by atoms with Crippen molar-refractivity contribution in [2.45, 2.75) is 18.9 Å². The lowest BCUT2D eigenvalue weighted by Gasteiger charge is -2.24. The first kappa shape index (κ1) is 16.2. The minimum Gasteiger partial charge on any atom is -0.481 e. The summed E-state index contributed by atoms with van der Waals surface area (Å²) in [5.41, 5.74) is 7.90. The average molecular weight is 328 g/mol. The van der Waals surface area contributed by atoms with Crippen molar-refractivity contribution in [3.63, 3.8) is 0 Å². The third-order valence-electron chi connectivity index (χ3n) is 3.88. The van der Waals surface area contributed by atoms with E-state index in [1.165, 1.54) is 7.11 Å². The SMILES string of the molecule is COc1cc(C(=N)c2c(N)ccnc2OC2CCOCC2)ccn1. The monoisotopic (exact) mass is 328 g/mol. The topological polar surface area (TPSA) is 103 Å². The predicted molar refractivity (Wildman–Crippen MR) is 89.8 cm³/mol. The van der Waals surface area contributed by atoms with Gasteiger partial charge in [-0.05, 0) is 12.1 Å². The molecule has 0 bridgehead atoms. The molecule has 0 aromatic carbocycles. The molecule has 126 valence electrons. The number of ether oxygens (including phenoxy) is 3. The highest BCUT2D eigenvalue weighted by molar-refractivity contribution is 6.15. The maximum atomic E-state index is 8.53. The number of nitrogen functional groups attached to an aromatic ring is 1. The van der Waals surface area contributed by atoms with Crippen molar-refractivity contribution in [2.24, 2.45) is 0 Å². The van der Waals surface area contributed by atoms with Crippen LogP contribution in [0, 0.1) is 5.41 Å². The van der Waals surface area contributed by atoms with Crippen molar-refractivity contribution < 1.29 is 14.2 Å². The van der Waals surface area contributed by atoms with Gasteiger partial charge in [-0.1, -0.05) is 0 Å². The van der Waals surface area contributed by atoms with Crippen LogP contribution in [0.1, 0.15) is 24.0 Å². The second-order valence-corrected chi connectivity index (χ2v) is 5.47. The zero-order valence-electron chi connectivity index (χ0n) is 13.5. The fourth-order valence-electron chi connectivity index (χ4n) is 2.57. The first-order chi connectivity index (χ1) is 11.7. The molecule has 1 saturated heterocycles. The first-order valence-corrected chi connectivity index (χ1v) is 7.77. The Hall–Kier alpha value is -2.67. The number of nitrogens with two attached hydrogens (primary N) is 1. The molecule has 3 N–H and O–H groups in total. The molecule has 0 amide bonds. The van der Waals surface area contributed by atoms with E-state index < -0.39 is 0 Å². The van der Waals surface area contributed by atoms with Crippen LogP contribution in [0.4, 0.5) is 5.69 Å². The van der Waals surface area contributed by atoms with Gasteiger partial charge in [0, 0.05) is 42.6 Å². The lowest BCUT2D eigenvalue weighted by molar-refractivity contribution is 0.0237. The second-order valence-electron chi connectivity index (χ2n) is 5.47. The van der Waals surface area contributed by atoms with Gasteiger partial charge in [-0.25, -0.2) is 9.97 Å². The minimum absolute atomic E-state index is 0.0200. The summed E-state index contributed by atoms with van der Waals surface area (Å²) in [5, 5.41) is 8.53. The van der Waals surface area contributed by atoms with Crippen LogP contribution >= 0.6 is 0 Å². The first-order valence-electron chi connectivity index (χ1n) is 7.77. The number of hydrogen-bond acceptors (Lipinski definition) is 7. The Balaban J connectivity index is 1.92. The molecule has 0 spiro atoms. The summed E-state index contributed by atoms with van der Waals surface area (Å²) < 4.78 is 16.5. The number of nitrogens with one attached hydrogen (secondary N) is 1. The van der Waals surface area contributed by atoms with E-state index >= 15 is 0 Å². The number of pyridine rings is 2. The molecule has 0 atom stereocenters. The molecule has 2 aromatic rings. The Morgan fingerprint density at radius 2 is 2.00 bits per heavy atom. The van der Waals surface area contributed by atoms with Crippen molar-refractivity contribution in [1.29, 1.82) is 5.41 Å². The van der Waals surface area contributed by atoms with Gasteiger partial charge in [0.25, 0.3) is 0 Å². The average Bonchev–Trinajstić information content (AvgIpc) is 2.62. The normalized spacial score (nSPS) is 15.0. The molecule has 0 unspecified atom stereocenters. The summed E-state index contributed by atoms with van der Waals surface area (Å²) >= 11 is 0. The fourth-order valence-corrected chi connectivity index (χ4v) is 2.57. The van der Waals surface area contributed by atoms with Crippen LogP contribution in [0.3, 0.4) is 0 Å². The lowest BCUT2D eigenvalue weighted by atomic mass is 10.0. The zero-order chi connectivity index (χ0) is 16.9. The van der Waals surface area contributed by atoms with Crippen molar-refractivity contribution in [1.82, 2.24) is 9.97 Å². The van der Waals surface area contributed by atoms with Gasteiger partial charge in [0.2, 0.25) is 11.8 Å². The minimum atomic E-state index is 0.0200. The van der Waals surface area contributed by atoms with E-state index in [1.54, 1.807) is 30.6 Å². The van der Waals surface area contributed by atoms with Crippen LogP contribution in [0.5, 0.6) is 11.8 Å². The van der Waals surface area contributed by atoms with Gasteiger partial charge in [0.05, 0.1) is 31.6 Å². The smallest absolute Gasteiger partial charge is 0.225 e. The van der Waals surface area contributed by atoms with Gasteiger partial charge in [0.1, 0.15) is 6.10 Å². The molecule has 0 saturated carbocycles. The Morgan fingerprint density at radius 3 is 2.75 bits per heavy atom. The van der Waals surface area contributed by atoms with Crippen molar-refractivity contribution in [2.75, 3.05) is 26.1 Å². The van der Waals surface area contributed by atoms with Crippen LogP contribution in [0.15, 0.2) is 30.6 Å². The predicted octanol–water partition coefficient (Wildman–Crippen LogP) is 2.04. The number of hydrogen-bond donors (Lipinski definition) is 2. The maximum absolute atomic E-state index is 8.53. The van der Waals surface area contributed by atoms with E-state index in [1.807, 2.05) is 0 Å². The van der Waals surface area contributed by atoms with Crippen LogP contribution in [-0.4, -0.2) is 42.1 Å². The quantitative estimate of drug-likeness (QED) is 0.814. The number of aromatic nitrogens is 2. The van der Waals surface area contributed by atoms with E-state index in [9.17, 15) is 0 Å². The molecule has 24 heavy (non-hydrogen) atoms. The molecule has 0 aliphatic carbocycles. The fraction of sp³-hybridized carbons (Fsp3) is 0.353. The van der Waals surface area contributed by atoms with Crippen LogP contribution in [0.25, 0.3) is 0 Å². The number of rotatable bonds is 5. The van der Waals surface area contributed by atoms with Gasteiger partial charge in [-0.2, -0.15) is 0 Å². The molecule has 3 rings (SSSR count). The van der Waals surface area contributed by atoms with Gasteiger partial charge in [-0.15, -0.1) is 0 Å². The van der Waals surface area contributed by atoms with E-state index in [4.69, 9.17) is 25.4 Å². The Bertz CT molecular complexity index is 730. The molecule has 7 heteroatoms. The van der Waals surface area contributed by atoms with Gasteiger partial charge >= 0.3 is 0 Å². The third-order valence-corrected chi connectivity index (χ3v) is 3.88. The highest BCUT2D eigenvalue weighted by Crippen LogP contribution is 2.28. The van der Waals surface area contributed by atoms with E-state index in [0.29, 0.717) is 41.8 Å². The number of anilines is 1. The summed E-state index contributed by atoms with van der Waals surface area (Å²) in [5.74, 6) is 0.814. The van der Waals surface area contributed by atoms with E-state index in [2.05, 4.69) is 9.97 Å². The standard InChI is InChI=1S/C17H20N4O3/c1-22-14-10-11(2-6-20-14)16(19)15-13(18)3-7-21-17(15)24-12-4-8-23-9-5-12/h2-3,6-7,10,12,19H,4-5,8-9H2,1H3,(H2,18,21). The molecular weight excluding hydrogens is 308 g/mol. The molecule has 1 aliphatic heterocycles. The third kappa shape index (κ3) is 3.46. The summed E-state index contributed by atoms with van der Waals surface area (Å²) in [7, 11) is 1.54. The Labute approximate surface area is 140 Å². The molecule has 1 fully saturated rings. The highest BCUT2D eigenvalue weighted by Gasteiger charge is 2.21. The second kappa shape index (κ2) is 7.27. The van der Waals surface area contributed by atoms with Crippen LogP contribution in [-0.2, 0) is 4.74 Å². The molecule has 2 aromatic heterocycles. The molecular formula is C17H20N4O3. The largest absolute Gasteiger partial charge is 0.481 e. The lowest BCUT2D eigenvalue weighted by Crippen LogP contribution is -2.27. The summed E-state index contributed by atoms with van der Waals surface area (Å²) in [6.07, 6.45) is 4.80. The summed E-state index contributed by atoms with van der Waals surface area (Å²) in [6, 6.07) is 5.08. The van der Waals surface area contributed by atoms with Crippen molar-refractivity contribution in [3.05, 3.63) is 41.7 Å². The zero-order valence-corrected chi connectivity index (χ0v) is 13.5. The van der Waals surface area contributed by atoms with Crippen molar-refractivity contribution in [3.8, 4) is 11.8 Å². The number of nitrogens with zero attached hydrogens (tertiary/aromatic N) is 2. The molecule has 0 radical (unpaired) electrons. The number of methoxy groups -OCH3 is 1. The summed E-state index contributed by atoms with van der Waals surface area (Å²) in [4.78, 5) is 8.35. The van der Waals surface area contributed by atoms with Gasteiger partial charge in [-0.3, -0.25) is 5.41 Å². The van der Waals surface area contributed by atoms with Crippen molar-refractivity contribution >= 4 is 11.4 Å². The molecule has 3 heterocycles. The molecule has 7 nitrogen and oxygen atoms in total. The van der Waals surface area contributed by atoms with Crippen LogP contribution in [0.2, 0.25) is 0 Å². The van der Waals surface area contributed by atoms with Gasteiger partial charge in [0.15, 0.2) is 0 Å². The van der Waals surface area contributed by atoms with Crippen LogP contribution < -0.4 is 15.2 Å². The van der Waals surface area contributed by atoms with E-state index in [0.717, 1.165) is 12.8 Å². The maximum Gasteiger partial charge on any atom is 0.225 e. The van der Waals surface area contributed by atoms with Gasteiger partial charge < -0.3 is 19.9 Å². The Morgan fingerprint density at radius 1 is 1.25 bits per heavy atom. The van der Waals surface area contributed by atoms with E-state index in [-0.39, 0.29) is 11.8 Å². The summed E-state index contributed by atoms with van der Waals surface area (Å²) in [6.45, 7) is 1.34. The molecule has 1 aliphatic rings. The highest BCUT2D eigenvalue weighted by atomic mass is 16.5.